The third-order valence-electron chi connectivity index (χ3n) is 5.05. The van der Waals surface area contributed by atoms with E-state index in [0.717, 1.165) is 16.7 Å². The fourth-order valence-corrected chi connectivity index (χ4v) is 3.60. The van der Waals surface area contributed by atoms with Gasteiger partial charge in [-0.05, 0) is 29.0 Å². The summed E-state index contributed by atoms with van der Waals surface area (Å²) >= 11 is 0. The Balaban J connectivity index is 2.02. The molecule has 3 aromatic carbocycles. The van der Waals surface area contributed by atoms with Crippen LogP contribution in [0.5, 0.6) is 0 Å². The fraction of sp³-hybridized carbons (Fsp3) is 0.280. The van der Waals surface area contributed by atoms with Crippen LogP contribution in [-0.4, -0.2) is 13.0 Å². The number of rotatable bonds is 9. The van der Waals surface area contributed by atoms with Crippen molar-refractivity contribution in [3.8, 4) is 0 Å². The normalized spacial score (nSPS) is 12.9. The van der Waals surface area contributed by atoms with Crippen LogP contribution in [0.2, 0.25) is 0 Å². The second-order valence-electron chi connectivity index (χ2n) is 7.15. The van der Waals surface area contributed by atoms with Crippen LogP contribution in [0.3, 0.4) is 0 Å². The van der Waals surface area contributed by atoms with Crippen LogP contribution in [0.1, 0.15) is 36.5 Å². The van der Waals surface area contributed by atoms with E-state index in [1.807, 2.05) is 61.5 Å². The van der Waals surface area contributed by atoms with Gasteiger partial charge in [0.1, 0.15) is 5.60 Å². The van der Waals surface area contributed by atoms with Crippen molar-refractivity contribution in [2.75, 3.05) is 6.61 Å². The lowest BCUT2D eigenvalue weighted by Gasteiger charge is -2.36. The minimum absolute atomic E-state index is 0.0972. The van der Waals surface area contributed by atoms with Crippen molar-refractivity contribution in [3.63, 3.8) is 0 Å². The van der Waals surface area contributed by atoms with E-state index in [9.17, 15) is 8.78 Å². The summed E-state index contributed by atoms with van der Waals surface area (Å²) in [5.74, 6) is -0.0972. The van der Waals surface area contributed by atoms with Crippen LogP contribution in [0.25, 0.3) is 0 Å². The zero-order chi connectivity index (χ0) is 19.8. The SMILES string of the molecule is CC(CCOC(c1ccccc1)(c1ccccc1)c1ccccc1)CC(F)F. The van der Waals surface area contributed by atoms with Crippen LogP contribution in [0.4, 0.5) is 8.78 Å². The highest BCUT2D eigenvalue weighted by atomic mass is 19.3. The number of alkyl halides is 2. The molecule has 0 saturated heterocycles. The molecule has 0 aliphatic carbocycles. The van der Waals surface area contributed by atoms with E-state index in [2.05, 4.69) is 36.4 Å². The van der Waals surface area contributed by atoms with Crippen LogP contribution < -0.4 is 0 Å². The first kappa shape index (κ1) is 20.2. The van der Waals surface area contributed by atoms with Crippen LogP contribution in [-0.2, 0) is 10.3 Å². The van der Waals surface area contributed by atoms with Crippen LogP contribution >= 0.6 is 0 Å². The van der Waals surface area contributed by atoms with Gasteiger partial charge in [0.2, 0.25) is 6.43 Å². The van der Waals surface area contributed by atoms with Crippen molar-refractivity contribution in [3.05, 3.63) is 108 Å². The first-order valence-electron chi connectivity index (χ1n) is 9.71. The van der Waals surface area contributed by atoms with E-state index >= 15 is 0 Å². The first-order chi connectivity index (χ1) is 13.6. The molecule has 0 N–H and O–H groups in total. The Morgan fingerprint density at radius 2 is 1.11 bits per heavy atom. The lowest BCUT2D eigenvalue weighted by Crippen LogP contribution is -2.33. The van der Waals surface area contributed by atoms with E-state index in [-0.39, 0.29) is 12.3 Å². The maximum absolute atomic E-state index is 12.7. The van der Waals surface area contributed by atoms with Gasteiger partial charge in [0.15, 0.2) is 0 Å². The smallest absolute Gasteiger partial charge is 0.238 e. The summed E-state index contributed by atoms with van der Waals surface area (Å²) in [5.41, 5.74) is 2.28. The monoisotopic (exact) mass is 380 g/mol. The molecule has 1 unspecified atom stereocenters. The van der Waals surface area contributed by atoms with Gasteiger partial charge in [-0.3, -0.25) is 0 Å². The topological polar surface area (TPSA) is 9.23 Å². The lowest BCUT2D eigenvalue weighted by molar-refractivity contribution is 0.00254. The van der Waals surface area contributed by atoms with Gasteiger partial charge >= 0.3 is 0 Å². The molecule has 28 heavy (non-hydrogen) atoms. The molecule has 3 heteroatoms. The van der Waals surface area contributed by atoms with Gasteiger partial charge in [-0.2, -0.15) is 0 Å². The molecule has 1 atom stereocenters. The highest BCUT2D eigenvalue weighted by Crippen LogP contribution is 2.40. The molecule has 1 nitrogen and oxygen atoms in total. The van der Waals surface area contributed by atoms with Crippen molar-refractivity contribution >= 4 is 0 Å². The second kappa shape index (κ2) is 9.61. The molecule has 3 aromatic rings. The standard InChI is InChI=1S/C25H26F2O/c1-20(19-24(26)27)17-18-28-25(21-11-5-2-6-12-21,22-13-7-3-8-14-22)23-15-9-4-10-16-23/h2-16,20,24H,17-19H2,1H3. The molecule has 0 fully saturated rings. The molecular formula is C25H26F2O. The van der Waals surface area contributed by atoms with Gasteiger partial charge in [-0.1, -0.05) is 97.9 Å². The molecular weight excluding hydrogens is 354 g/mol. The Labute approximate surface area is 166 Å². The van der Waals surface area contributed by atoms with E-state index in [1.54, 1.807) is 0 Å². The Hall–Kier alpha value is -2.52. The molecule has 0 radical (unpaired) electrons. The summed E-state index contributed by atoms with van der Waals surface area (Å²) in [5, 5.41) is 0. The number of benzene rings is 3. The van der Waals surface area contributed by atoms with E-state index in [1.165, 1.54) is 0 Å². The second-order valence-corrected chi connectivity index (χ2v) is 7.15. The molecule has 146 valence electrons. The average Bonchev–Trinajstić information content (AvgIpc) is 2.73. The zero-order valence-corrected chi connectivity index (χ0v) is 16.1. The number of hydrogen-bond donors (Lipinski definition) is 0. The molecule has 0 saturated carbocycles. The third kappa shape index (κ3) is 4.66. The summed E-state index contributed by atoms with van der Waals surface area (Å²) < 4.78 is 32.0. The van der Waals surface area contributed by atoms with Gasteiger partial charge in [0.05, 0.1) is 0 Å². The quantitative estimate of drug-likeness (QED) is 0.376. The summed E-state index contributed by atoms with van der Waals surface area (Å²) in [4.78, 5) is 0. The van der Waals surface area contributed by atoms with Gasteiger partial charge < -0.3 is 4.74 Å². The number of halogens is 2. The number of ether oxygens (including phenoxy) is 1. The summed E-state index contributed by atoms with van der Waals surface area (Å²) in [6.07, 6.45) is -1.80. The Morgan fingerprint density at radius 3 is 1.46 bits per heavy atom. The van der Waals surface area contributed by atoms with Crippen molar-refractivity contribution in [2.24, 2.45) is 5.92 Å². The predicted molar refractivity (Wildman–Crippen MR) is 110 cm³/mol. The average molecular weight is 380 g/mol. The molecule has 0 aliphatic rings. The zero-order valence-electron chi connectivity index (χ0n) is 16.1. The molecule has 3 rings (SSSR count). The summed E-state index contributed by atoms with van der Waals surface area (Å²) in [7, 11) is 0. The minimum atomic E-state index is -2.28. The first-order valence-corrected chi connectivity index (χ1v) is 9.71. The van der Waals surface area contributed by atoms with Gasteiger partial charge in [0.25, 0.3) is 0 Å². The largest absolute Gasteiger partial charge is 0.361 e. The number of hydrogen-bond acceptors (Lipinski definition) is 1. The van der Waals surface area contributed by atoms with Crippen molar-refractivity contribution in [2.45, 2.75) is 31.8 Å². The fourth-order valence-electron chi connectivity index (χ4n) is 3.60. The molecule has 0 heterocycles. The molecule has 0 bridgehead atoms. The highest BCUT2D eigenvalue weighted by Gasteiger charge is 2.37. The summed E-state index contributed by atoms with van der Waals surface area (Å²) in [6.45, 7) is 2.25. The Kier molecular flexibility index (Phi) is 6.94. The molecule has 0 amide bonds. The Morgan fingerprint density at radius 1 is 0.714 bits per heavy atom. The maximum atomic E-state index is 12.7. The van der Waals surface area contributed by atoms with Crippen molar-refractivity contribution in [1.82, 2.24) is 0 Å². The van der Waals surface area contributed by atoms with Crippen molar-refractivity contribution < 1.29 is 13.5 Å². The maximum Gasteiger partial charge on any atom is 0.238 e. The Bertz CT molecular complexity index is 722. The third-order valence-corrected chi connectivity index (χ3v) is 5.05. The molecule has 0 aliphatic heterocycles. The highest BCUT2D eigenvalue weighted by molar-refractivity contribution is 5.47. The van der Waals surface area contributed by atoms with Gasteiger partial charge in [0, 0.05) is 13.0 Å². The van der Waals surface area contributed by atoms with Crippen molar-refractivity contribution in [1.29, 1.82) is 0 Å². The van der Waals surface area contributed by atoms with Crippen LogP contribution in [0, 0.1) is 5.92 Å². The molecule has 0 aromatic heterocycles. The minimum Gasteiger partial charge on any atom is -0.361 e. The van der Waals surface area contributed by atoms with Gasteiger partial charge in [-0.15, -0.1) is 0 Å². The van der Waals surface area contributed by atoms with E-state index in [4.69, 9.17) is 4.74 Å². The van der Waals surface area contributed by atoms with Gasteiger partial charge in [-0.25, -0.2) is 8.78 Å². The van der Waals surface area contributed by atoms with E-state index < -0.39 is 12.0 Å². The van der Waals surface area contributed by atoms with Crippen LogP contribution in [0.15, 0.2) is 91.0 Å². The predicted octanol–water partition coefficient (Wildman–Crippen LogP) is 6.68. The van der Waals surface area contributed by atoms with E-state index in [0.29, 0.717) is 13.0 Å². The molecule has 0 spiro atoms. The lowest BCUT2D eigenvalue weighted by atomic mass is 9.80. The summed E-state index contributed by atoms with van der Waals surface area (Å²) in [6, 6.07) is 30.3.